The average molecular weight is 237 g/mol. The molecule has 0 aliphatic heterocycles. The van der Waals surface area contributed by atoms with E-state index in [-0.39, 0.29) is 5.54 Å². The highest BCUT2D eigenvalue weighted by atomic mass is 15.1. The first kappa shape index (κ1) is 13.7. The first-order valence-corrected chi connectivity index (χ1v) is 6.02. The maximum atomic E-state index is 5.90. The minimum absolute atomic E-state index is 0.255. The maximum Gasteiger partial charge on any atom is 0.131 e. The number of hydrogen-bond acceptors (Lipinski definition) is 5. The summed E-state index contributed by atoms with van der Waals surface area (Å²) in [4.78, 5) is 8.34. The topological polar surface area (TPSA) is 75.9 Å². The zero-order valence-electron chi connectivity index (χ0n) is 11.1. The highest BCUT2D eigenvalue weighted by Crippen LogP contribution is 2.11. The Bertz CT molecular complexity index is 345. The van der Waals surface area contributed by atoms with Gasteiger partial charge in [-0.15, -0.1) is 0 Å². The van der Waals surface area contributed by atoms with Gasteiger partial charge in [-0.05, 0) is 27.2 Å². The molecule has 1 aromatic rings. The van der Waals surface area contributed by atoms with Crippen LogP contribution in [0.4, 0.5) is 11.6 Å². The van der Waals surface area contributed by atoms with Crippen LogP contribution in [0, 0.1) is 0 Å². The van der Waals surface area contributed by atoms with E-state index in [9.17, 15) is 0 Å². The molecule has 0 aromatic carbocycles. The zero-order valence-corrected chi connectivity index (χ0v) is 11.1. The molecule has 1 heterocycles. The number of nitrogens with one attached hydrogen (secondary N) is 2. The summed E-state index contributed by atoms with van der Waals surface area (Å²) >= 11 is 0. The van der Waals surface area contributed by atoms with E-state index < -0.39 is 0 Å². The third-order valence-electron chi connectivity index (χ3n) is 2.40. The standard InChI is InChI=1S/C12H23N5/c1-5-9(2)17-11-6-10(15-8-16-11)14-7-12(3,4)13/h6,8-9H,5,7,13H2,1-4H3,(H2,14,15,16,17). The Morgan fingerprint density at radius 3 is 2.59 bits per heavy atom. The molecule has 0 spiro atoms. The second kappa shape index (κ2) is 5.82. The number of aromatic nitrogens is 2. The van der Waals surface area contributed by atoms with E-state index in [1.54, 1.807) is 6.33 Å². The molecule has 0 aliphatic rings. The van der Waals surface area contributed by atoms with Crippen LogP contribution in [0.5, 0.6) is 0 Å². The van der Waals surface area contributed by atoms with Crippen molar-refractivity contribution in [3.63, 3.8) is 0 Å². The van der Waals surface area contributed by atoms with Gasteiger partial charge in [0.25, 0.3) is 0 Å². The van der Waals surface area contributed by atoms with Crippen molar-refractivity contribution in [2.45, 2.75) is 45.7 Å². The lowest BCUT2D eigenvalue weighted by Crippen LogP contribution is -2.39. The lowest BCUT2D eigenvalue weighted by atomic mass is 10.1. The summed E-state index contributed by atoms with van der Waals surface area (Å²) in [5.41, 5.74) is 5.65. The minimum Gasteiger partial charge on any atom is -0.368 e. The molecule has 0 radical (unpaired) electrons. The van der Waals surface area contributed by atoms with Crippen molar-refractivity contribution >= 4 is 11.6 Å². The fourth-order valence-corrected chi connectivity index (χ4v) is 1.21. The smallest absolute Gasteiger partial charge is 0.131 e. The Kier molecular flexibility index (Phi) is 4.69. The van der Waals surface area contributed by atoms with E-state index in [4.69, 9.17) is 5.73 Å². The predicted octanol–water partition coefficient (Wildman–Crippen LogP) is 1.84. The Hall–Kier alpha value is -1.36. The second-order valence-electron chi connectivity index (χ2n) is 5.08. The summed E-state index contributed by atoms with van der Waals surface area (Å²) in [6, 6.07) is 2.31. The van der Waals surface area contributed by atoms with Gasteiger partial charge in [0.2, 0.25) is 0 Å². The summed E-state index contributed by atoms with van der Waals surface area (Å²) < 4.78 is 0. The van der Waals surface area contributed by atoms with E-state index >= 15 is 0 Å². The second-order valence-corrected chi connectivity index (χ2v) is 5.08. The van der Waals surface area contributed by atoms with E-state index in [1.165, 1.54) is 0 Å². The molecule has 4 N–H and O–H groups in total. The first-order valence-electron chi connectivity index (χ1n) is 6.02. The number of anilines is 2. The van der Waals surface area contributed by atoms with Crippen LogP contribution >= 0.6 is 0 Å². The Morgan fingerprint density at radius 1 is 1.35 bits per heavy atom. The Balaban J connectivity index is 2.60. The molecule has 0 bridgehead atoms. The van der Waals surface area contributed by atoms with Crippen molar-refractivity contribution in [1.29, 1.82) is 0 Å². The molecule has 5 nitrogen and oxygen atoms in total. The van der Waals surface area contributed by atoms with Gasteiger partial charge < -0.3 is 16.4 Å². The minimum atomic E-state index is -0.255. The van der Waals surface area contributed by atoms with Gasteiger partial charge in [0, 0.05) is 24.2 Å². The molecule has 1 atom stereocenters. The quantitative estimate of drug-likeness (QED) is 0.704. The fraction of sp³-hybridized carbons (Fsp3) is 0.667. The van der Waals surface area contributed by atoms with Crippen molar-refractivity contribution in [3.8, 4) is 0 Å². The molecule has 0 amide bonds. The fourth-order valence-electron chi connectivity index (χ4n) is 1.21. The largest absolute Gasteiger partial charge is 0.368 e. The molecule has 0 fully saturated rings. The lowest BCUT2D eigenvalue weighted by molar-refractivity contribution is 0.548. The van der Waals surface area contributed by atoms with Gasteiger partial charge in [-0.3, -0.25) is 0 Å². The molecule has 1 aromatic heterocycles. The maximum absolute atomic E-state index is 5.90. The predicted molar refractivity (Wildman–Crippen MR) is 72.2 cm³/mol. The Labute approximate surface area is 103 Å². The van der Waals surface area contributed by atoms with E-state index in [0.717, 1.165) is 18.1 Å². The van der Waals surface area contributed by atoms with Gasteiger partial charge in [-0.1, -0.05) is 6.92 Å². The van der Waals surface area contributed by atoms with Crippen LogP contribution in [0.15, 0.2) is 12.4 Å². The summed E-state index contributed by atoms with van der Waals surface area (Å²) in [5, 5.41) is 6.51. The van der Waals surface area contributed by atoms with Gasteiger partial charge in [-0.25, -0.2) is 9.97 Å². The molecule has 1 rings (SSSR count). The van der Waals surface area contributed by atoms with Crippen LogP contribution in [0.2, 0.25) is 0 Å². The normalized spacial score (nSPS) is 13.2. The lowest BCUT2D eigenvalue weighted by Gasteiger charge is -2.19. The third-order valence-corrected chi connectivity index (χ3v) is 2.40. The molecular formula is C12H23N5. The molecule has 0 saturated carbocycles. The highest BCUT2D eigenvalue weighted by Gasteiger charge is 2.10. The molecule has 17 heavy (non-hydrogen) atoms. The van der Waals surface area contributed by atoms with Crippen molar-refractivity contribution in [1.82, 2.24) is 9.97 Å². The van der Waals surface area contributed by atoms with Crippen molar-refractivity contribution in [2.24, 2.45) is 5.73 Å². The summed E-state index contributed by atoms with van der Waals surface area (Å²) in [6.45, 7) is 8.87. The summed E-state index contributed by atoms with van der Waals surface area (Å²) in [5.74, 6) is 1.64. The van der Waals surface area contributed by atoms with E-state index in [2.05, 4.69) is 34.4 Å². The van der Waals surface area contributed by atoms with Crippen LogP contribution in [0.1, 0.15) is 34.1 Å². The van der Waals surface area contributed by atoms with E-state index in [0.29, 0.717) is 12.6 Å². The molecule has 0 aliphatic carbocycles. The van der Waals surface area contributed by atoms with Gasteiger partial charge >= 0.3 is 0 Å². The summed E-state index contributed by atoms with van der Waals surface area (Å²) in [7, 11) is 0. The van der Waals surface area contributed by atoms with Crippen molar-refractivity contribution < 1.29 is 0 Å². The molecule has 96 valence electrons. The monoisotopic (exact) mass is 237 g/mol. The van der Waals surface area contributed by atoms with E-state index in [1.807, 2.05) is 19.9 Å². The van der Waals surface area contributed by atoms with Crippen molar-refractivity contribution in [2.75, 3.05) is 17.2 Å². The number of nitrogens with two attached hydrogens (primary N) is 1. The molecule has 5 heteroatoms. The summed E-state index contributed by atoms with van der Waals surface area (Å²) in [6.07, 6.45) is 2.61. The van der Waals surface area contributed by atoms with Crippen LogP contribution in [-0.2, 0) is 0 Å². The average Bonchev–Trinajstić information content (AvgIpc) is 2.26. The number of hydrogen-bond donors (Lipinski definition) is 3. The molecular weight excluding hydrogens is 214 g/mol. The van der Waals surface area contributed by atoms with Gasteiger partial charge in [0.15, 0.2) is 0 Å². The van der Waals surface area contributed by atoms with Crippen LogP contribution < -0.4 is 16.4 Å². The Morgan fingerprint density at radius 2 is 2.00 bits per heavy atom. The first-order chi connectivity index (χ1) is 7.90. The van der Waals surface area contributed by atoms with Crippen LogP contribution in [-0.4, -0.2) is 28.1 Å². The van der Waals surface area contributed by atoms with Gasteiger partial charge in [0.1, 0.15) is 18.0 Å². The third kappa shape index (κ3) is 5.49. The number of nitrogens with zero attached hydrogens (tertiary/aromatic N) is 2. The molecule has 1 unspecified atom stereocenters. The molecule has 0 saturated heterocycles. The van der Waals surface area contributed by atoms with Crippen LogP contribution in [0.3, 0.4) is 0 Å². The highest BCUT2D eigenvalue weighted by molar-refractivity contribution is 5.47. The van der Waals surface area contributed by atoms with Crippen LogP contribution in [0.25, 0.3) is 0 Å². The number of rotatable bonds is 6. The SMILES string of the molecule is CCC(C)Nc1cc(NCC(C)(C)N)ncn1. The van der Waals surface area contributed by atoms with Gasteiger partial charge in [-0.2, -0.15) is 0 Å². The van der Waals surface area contributed by atoms with Gasteiger partial charge in [0.05, 0.1) is 0 Å². The van der Waals surface area contributed by atoms with Crippen molar-refractivity contribution in [3.05, 3.63) is 12.4 Å². The zero-order chi connectivity index (χ0) is 12.9.